The molecule has 0 spiro atoms. The van der Waals surface area contributed by atoms with Crippen LogP contribution < -0.4 is 5.56 Å². The van der Waals surface area contributed by atoms with Gasteiger partial charge in [-0.3, -0.25) is 4.79 Å². The number of fused-ring (bicyclic) bond motifs is 4. The quantitative estimate of drug-likeness (QED) is 0.802. The van der Waals surface area contributed by atoms with Crippen LogP contribution in [-0.2, 0) is 6.54 Å². The number of likely N-dealkylation sites (tertiary alicyclic amines) is 1. The first-order valence-corrected chi connectivity index (χ1v) is 10.8. The van der Waals surface area contributed by atoms with Crippen molar-refractivity contribution >= 4 is 0 Å². The molecule has 3 heterocycles. The van der Waals surface area contributed by atoms with Crippen molar-refractivity contribution in [2.24, 2.45) is 11.8 Å². The summed E-state index contributed by atoms with van der Waals surface area (Å²) in [5.74, 6) is 2.01. The molecule has 3 aliphatic rings. The molecule has 2 atom stereocenters. The van der Waals surface area contributed by atoms with Crippen molar-refractivity contribution < 1.29 is 0 Å². The second-order valence-corrected chi connectivity index (χ2v) is 8.97. The first-order chi connectivity index (χ1) is 13.3. The Kier molecular flexibility index (Phi) is 4.65. The molecule has 0 N–H and O–H groups in total. The molecule has 0 amide bonds. The van der Waals surface area contributed by atoms with Crippen LogP contribution in [0.5, 0.6) is 0 Å². The van der Waals surface area contributed by atoms with Crippen LogP contribution in [0.15, 0.2) is 47.3 Å². The van der Waals surface area contributed by atoms with Gasteiger partial charge in [0.2, 0.25) is 0 Å². The molecule has 2 bridgehead atoms. The zero-order chi connectivity index (χ0) is 18.2. The number of piperidine rings is 1. The Hall–Kier alpha value is -1.87. The van der Waals surface area contributed by atoms with Crippen LogP contribution in [0.1, 0.15) is 50.1 Å². The molecule has 2 aliphatic heterocycles. The number of nitrogens with zero attached hydrogens (tertiary/aromatic N) is 2. The molecule has 5 rings (SSSR count). The lowest BCUT2D eigenvalue weighted by Gasteiger charge is -2.44. The van der Waals surface area contributed by atoms with Gasteiger partial charge in [0.15, 0.2) is 0 Å². The minimum Gasteiger partial charge on any atom is -0.311 e. The number of hydrogen-bond donors (Lipinski definition) is 0. The number of benzene rings is 1. The Morgan fingerprint density at radius 3 is 2.52 bits per heavy atom. The summed E-state index contributed by atoms with van der Waals surface area (Å²) in [7, 11) is 0. The Morgan fingerprint density at radius 2 is 1.70 bits per heavy atom. The molecular weight excluding hydrogens is 332 g/mol. The summed E-state index contributed by atoms with van der Waals surface area (Å²) < 4.78 is 2.10. The lowest BCUT2D eigenvalue weighted by atomic mass is 9.79. The maximum atomic E-state index is 12.6. The van der Waals surface area contributed by atoms with Gasteiger partial charge in [0.05, 0.1) is 0 Å². The molecule has 3 heteroatoms. The minimum atomic E-state index is 0.181. The summed E-state index contributed by atoms with van der Waals surface area (Å²) in [6, 6.07) is 14.4. The molecule has 3 nitrogen and oxygen atoms in total. The Bertz CT molecular complexity index is 850. The average Bonchev–Trinajstić information content (AvgIpc) is 2.70. The first-order valence-electron chi connectivity index (χ1n) is 10.8. The van der Waals surface area contributed by atoms with Gasteiger partial charge in [-0.1, -0.05) is 49.6 Å². The lowest BCUT2D eigenvalue weighted by Crippen LogP contribution is -2.48. The van der Waals surface area contributed by atoms with Crippen LogP contribution in [0.2, 0.25) is 0 Å². The molecular formula is C24H30N2O. The third-order valence-corrected chi connectivity index (χ3v) is 6.99. The summed E-state index contributed by atoms with van der Waals surface area (Å²) >= 11 is 0. The van der Waals surface area contributed by atoms with Crippen LogP contribution in [0.3, 0.4) is 0 Å². The molecule has 1 aromatic heterocycles. The van der Waals surface area contributed by atoms with Crippen LogP contribution >= 0.6 is 0 Å². The molecule has 2 aromatic rings. The van der Waals surface area contributed by atoms with E-state index in [2.05, 4.69) is 45.9 Å². The molecule has 1 aromatic carbocycles. The highest BCUT2D eigenvalue weighted by Gasteiger charge is 2.36. The maximum Gasteiger partial charge on any atom is 0.250 e. The van der Waals surface area contributed by atoms with Crippen LogP contribution in [0, 0.1) is 11.8 Å². The third-order valence-electron chi connectivity index (χ3n) is 6.99. The van der Waals surface area contributed by atoms with Gasteiger partial charge in [-0.05, 0) is 42.7 Å². The summed E-state index contributed by atoms with van der Waals surface area (Å²) in [4.78, 5) is 15.4. The van der Waals surface area contributed by atoms with Gasteiger partial charge in [0.25, 0.3) is 5.56 Å². The maximum absolute atomic E-state index is 12.6. The van der Waals surface area contributed by atoms with E-state index in [-0.39, 0.29) is 5.56 Å². The van der Waals surface area contributed by atoms with E-state index < -0.39 is 0 Å². The van der Waals surface area contributed by atoms with E-state index in [0.717, 1.165) is 19.0 Å². The van der Waals surface area contributed by atoms with Crippen molar-refractivity contribution in [1.82, 2.24) is 9.47 Å². The van der Waals surface area contributed by atoms with E-state index in [1.807, 2.05) is 0 Å². The highest BCUT2D eigenvalue weighted by Crippen LogP contribution is 2.40. The smallest absolute Gasteiger partial charge is 0.250 e. The van der Waals surface area contributed by atoms with Gasteiger partial charge >= 0.3 is 0 Å². The topological polar surface area (TPSA) is 25.2 Å². The number of pyridine rings is 1. The molecule has 142 valence electrons. The fourth-order valence-corrected chi connectivity index (χ4v) is 5.86. The summed E-state index contributed by atoms with van der Waals surface area (Å²) in [5, 5.41) is 0. The van der Waals surface area contributed by atoms with E-state index in [9.17, 15) is 4.79 Å². The highest BCUT2D eigenvalue weighted by atomic mass is 16.1. The molecule has 1 saturated heterocycles. The SMILES string of the molecule is O=c1ccc(-c2ccccc2)c2n1CC1CC2CN(CC2CCCCC2)C1. The second-order valence-electron chi connectivity index (χ2n) is 8.97. The molecule has 2 fully saturated rings. The monoisotopic (exact) mass is 362 g/mol. The summed E-state index contributed by atoms with van der Waals surface area (Å²) in [5.41, 5.74) is 3.97. The van der Waals surface area contributed by atoms with Crippen molar-refractivity contribution in [3.63, 3.8) is 0 Å². The molecule has 27 heavy (non-hydrogen) atoms. The average molecular weight is 363 g/mol. The third kappa shape index (κ3) is 3.38. The van der Waals surface area contributed by atoms with Gasteiger partial charge in [-0.2, -0.15) is 0 Å². The van der Waals surface area contributed by atoms with E-state index in [4.69, 9.17) is 0 Å². The van der Waals surface area contributed by atoms with E-state index in [1.165, 1.54) is 68.4 Å². The Balaban J connectivity index is 1.46. The van der Waals surface area contributed by atoms with Crippen LogP contribution in [-0.4, -0.2) is 29.1 Å². The highest BCUT2D eigenvalue weighted by molar-refractivity contribution is 5.66. The Labute approximate surface area is 162 Å². The van der Waals surface area contributed by atoms with Crippen molar-refractivity contribution in [1.29, 1.82) is 0 Å². The Morgan fingerprint density at radius 1 is 0.889 bits per heavy atom. The van der Waals surface area contributed by atoms with Crippen molar-refractivity contribution in [3.05, 3.63) is 58.5 Å². The zero-order valence-corrected chi connectivity index (χ0v) is 16.1. The van der Waals surface area contributed by atoms with Gasteiger partial charge in [-0.15, -0.1) is 0 Å². The van der Waals surface area contributed by atoms with Gasteiger partial charge in [0, 0.05) is 49.4 Å². The van der Waals surface area contributed by atoms with Gasteiger partial charge < -0.3 is 9.47 Å². The fourth-order valence-electron chi connectivity index (χ4n) is 5.86. The largest absolute Gasteiger partial charge is 0.311 e. The van der Waals surface area contributed by atoms with Crippen molar-refractivity contribution in [3.8, 4) is 11.1 Å². The molecule has 0 radical (unpaired) electrons. The number of hydrogen-bond acceptors (Lipinski definition) is 2. The van der Waals surface area contributed by atoms with E-state index >= 15 is 0 Å². The number of aromatic nitrogens is 1. The normalized spacial score (nSPS) is 25.9. The molecule has 1 saturated carbocycles. The molecule has 2 unspecified atom stereocenters. The standard InChI is InChI=1S/C24H30N2O/c27-23-12-11-22(20-9-5-2-6-10-20)24-21-13-19(16-26(23)24)15-25(17-21)14-18-7-3-1-4-8-18/h2,5-6,9-12,18-19,21H,1,3-4,7-8,13-17H2. The van der Waals surface area contributed by atoms with E-state index in [0.29, 0.717) is 11.8 Å². The van der Waals surface area contributed by atoms with Crippen LogP contribution in [0.4, 0.5) is 0 Å². The van der Waals surface area contributed by atoms with Crippen molar-refractivity contribution in [2.45, 2.75) is 51.0 Å². The summed E-state index contributed by atoms with van der Waals surface area (Å²) in [6.07, 6.45) is 8.33. The first kappa shape index (κ1) is 17.2. The number of rotatable bonds is 3. The predicted octanol–water partition coefficient (Wildman–Crippen LogP) is 4.51. The van der Waals surface area contributed by atoms with Gasteiger partial charge in [-0.25, -0.2) is 0 Å². The van der Waals surface area contributed by atoms with Crippen molar-refractivity contribution in [2.75, 3.05) is 19.6 Å². The fraction of sp³-hybridized carbons (Fsp3) is 0.542. The predicted molar refractivity (Wildman–Crippen MR) is 110 cm³/mol. The van der Waals surface area contributed by atoms with Gasteiger partial charge in [0.1, 0.15) is 0 Å². The lowest BCUT2D eigenvalue weighted by molar-refractivity contribution is 0.0970. The zero-order valence-electron chi connectivity index (χ0n) is 16.1. The molecule has 1 aliphatic carbocycles. The van der Waals surface area contributed by atoms with Crippen LogP contribution in [0.25, 0.3) is 11.1 Å². The minimum absolute atomic E-state index is 0.181. The van der Waals surface area contributed by atoms with E-state index in [1.54, 1.807) is 6.07 Å². The second kappa shape index (κ2) is 7.27. The summed E-state index contributed by atoms with van der Waals surface area (Å²) in [6.45, 7) is 4.46.